The molecule has 23 heavy (non-hydrogen) atoms. The van der Waals surface area contributed by atoms with Crippen LogP contribution in [0.5, 0.6) is 0 Å². The van der Waals surface area contributed by atoms with E-state index in [1.807, 2.05) is 6.20 Å². The van der Waals surface area contributed by atoms with Crippen molar-refractivity contribution < 1.29 is 0 Å². The fraction of sp³-hybridized carbons (Fsp3) is 0.909. The second kappa shape index (κ2) is 9.74. The molecule has 0 aliphatic heterocycles. The Morgan fingerprint density at radius 2 is 1.43 bits per heavy atom. The van der Waals surface area contributed by atoms with Crippen molar-refractivity contribution in [3.63, 3.8) is 0 Å². The van der Waals surface area contributed by atoms with Crippen LogP contribution in [-0.4, -0.2) is 0 Å². The quantitative estimate of drug-likeness (QED) is 0.595. The van der Waals surface area contributed by atoms with Crippen LogP contribution in [0.2, 0.25) is 0 Å². The van der Waals surface area contributed by atoms with E-state index in [1.165, 1.54) is 96.3 Å². The van der Waals surface area contributed by atoms with Crippen molar-refractivity contribution in [2.24, 2.45) is 23.0 Å². The maximum atomic E-state index is 5.99. The molecule has 2 aliphatic carbocycles. The van der Waals surface area contributed by atoms with E-state index >= 15 is 0 Å². The van der Waals surface area contributed by atoms with Crippen LogP contribution in [-0.2, 0) is 0 Å². The summed E-state index contributed by atoms with van der Waals surface area (Å²) in [7, 11) is 0. The highest BCUT2D eigenvalue weighted by Gasteiger charge is 2.31. The van der Waals surface area contributed by atoms with Gasteiger partial charge in [0.05, 0.1) is 0 Å². The van der Waals surface area contributed by atoms with Crippen molar-refractivity contribution in [2.45, 2.75) is 110 Å². The Bertz CT molecular complexity index is 335. The van der Waals surface area contributed by atoms with Crippen molar-refractivity contribution in [1.82, 2.24) is 0 Å². The van der Waals surface area contributed by atoms with Crippen molar-refractivity contribution in [3.05, 3.63) is 11.8 Å². The van der Waals surface area contributed by atoms with E-state index in [1.54, 1.807) is 5.57 Å². The van der Waals surface area contributed by atoms with Crippen LogP contribution < -0.4 is 5.73 Å². The molecule has 0 bridgehead atoms. The zero-order chi connectivity index (χ0) is 16.5. The molecule has 0 saturated heterocycles. The van der Waals surface area contributed by atoms with Gasteiger partial charge in [-0.2, -0.15) is 0 Å². The molecule has 0 aromatic rings. The Hall–Kier alpha value is -0.460. The first-order chi connectivity index (χ1) is 11.2. The minimum absolute atomic E-state index is 0.718. The zero-order valence-electron chi connectivity index (χ0n) is 15.9. The Labute approximate surface area is 145 Å². The van der Waals surface area contributed by atoms with Crippen molar-refractivity contribution in [3.8, 4) is 0 Å². The van der Waals surface area contributed by atoms with E-state index in [2.05, 4.69) is 13.8 Å². The molecule has 1 spiro atoms. The summed E-state index contributed by atoms with van der Waals surface area (Å²) in [5, 5.41) is 0. The Morgan fingerprint density at radius 1 is 0.913 bits per heavy atom. The van der Waals surface area contributed by atoms with Crippen LogP contribution in [0, 0.1) is 17.3 Å². The molecule has 0 amide bonds. The van der Waals surface area contributed by atoms with E-state index in [9.17, 15) is 0 Å². The Morgan fingerprint density at radius 3 is 1.96 bits per heavy atom. The lowest BCUT2D eigenvalue weighted by atomic mass is 9.67. The van der Waals surface area contributed by atoms with E-state index in [-0.39, 0.29) is 0 Å². The van der Waals surface area contributed by atoms with Crippen LogP contribution in [0.4, 0.5) is 0 Å². The fourth-order valence-electron chi connectivity index (χ4n) is 5.12. The van der Waals surface area contributed by atoms with Crippen LogP contribution >= 0.6 is 0 Å². The van der Waals surface area contributed by atoms with Gasteiger partial charge in [-0.25, -0.2) is 0 Å². The van der Waals surface area contributed by atoms with Gasteiger partial charge in [0, 0.05) is 0 Å². The summed E-state index contributed by atoms with van der Waals surface area (Å²) >= 11 is 0. The van der Waals surface area contributed by atoms with Crippen LogP contribution in [0.15, 0.2) is 11.8 Å². The molecule has 0 unspecified atom stereocenters. The number of allylic oxidation sites excluding steroid dienone is 1. The topological polar surface area (TPSA) is 26.0 Å². The molecule has 2 N–H and O–H groups in total. The SMILES string of the molecule is CC(C)CC/C(=C/N)C1CCCC2(CCCCCCC2)CCC1. The van der Waals surface area contributed by atoms with E-state index in [0.717, 1.165) is 17.3 Å². The van der Waals surface area contributed by atoms with Crippen LogP contribution in [0.1, 0.15) is 110 Å². The molecule has 1 heteroatoms. The molecule has 1 nitrogen and oxygen atoms in total. The Kier molecular flexibility index (Phi) is 7.99. The molecule has 0 radical (unpaired) electrons. The second-order valence-corrected chi connectivity index (χ2v) is 8.92. The summed E-state index contributed by atoms with van der Waals surface area (Å²) in [4.78, 5) is 0. The average molecular weight is 320 g/mol. The highest BCUT2D eigenvalue weighted by molar-refractivity contribution is 5.06. The van der Waals surface area contributed by atoms with Crippen molar-refractivity contribution in [1.29, 1.82) is 0 Å². The lowest BCUT2D eigenvalue weighted by Crippen LogP contribution is -2.25. The maximum absolute atomic E-state index is 5.99. The van der Waals surface area contributed by atoms with Crippen LogP contribution in [0.3, 0.4) is 0 Å². The molecular weight excluding hydrogens is 278 g/mol. The largest absolute Gasteiger partial charge is 0.405 e. The Balaban J connectivity index is 1.87. The summed E-state index contributed by atoms with van der Waals surface area (Å²) in [6.45, 7) is 4.65. The van der Waals surface area contributed by atoms with Gasteiger partial charge in [0.1, 0.15) is 0 Å². The van der Waals surface area contributed by atoms with E-state index in [4.69, 9.17) is 5.73 Å². The molecule has 2 aliphatic rings. The average Bonchev–Trinajstić information content (AvgIpc) is 2.47. The van der Waals surface area contributed by atoms with Gasteiger partial charge in [0.2, 0.25) is 0 Å². The smallest absolute Gasteiger partial charge is 0.00676 e. The first kappa shape index (κ1) is 18.9. The molecule has 0 heterocycles. The summed E-state index contributed by atoms with van der Waals surface area (Å²) in [5.41, 5.74) is 8.27. The molecule has 0 atom stereocenters. The van der Waals surface area contributed by atoms with Gasteiger partial charge in [0.25, 0.3) is 0 Å². The highest BCUT2D eigenvalue weighted by atomic mass is 14.5. The minimum atomic E-state index is 0.718. The lowest BCUT2D eigenvalue weighted by Gasteiger charge is -2.39. The third kappa shape index (κ3) is 6.16. The molecule has 0 aromatic heterocycles. The second-order valence-electron chi connectivity index (χ2n) is 8.92. The molecule has 2 rings (SSSR count). The zero-order valence-corrected chi connectivity index (χ0v) is 15.9. The normalized spacial score (nSPS) is 24.9. The summed E-state index contributed by atoms with van der Waals surface area (Å²) in [6, 6.07) is 0. The standard InChI is InChI=1S/C22H41N/c1-19(2)12-13-21(18-23)20-10-8-16-22(17-9-11-20)14-6-4-3-5-7-15-22/h18-20H,3-17,23H2,1-2H3/b21-18-. The van der Waals surface area contributed by atoms with E-state index < -0.39 is 0 Å². The highest BCUT2D eigenvalue weighted by Crippen LogP contribution is 2.46. The van der Waals surface area contributed by atoms with E-state index in [0.29, 0.717) is 0 Å². The molecule has 134 valence electrons. The van der Waals surface area contributed by atoms with Crippen molar-refractivity contribution >= 4 is 0 Å². The predicted octanol–water partition coefficient (Wildman–Crippen LogP) is 6.97. The molecule has 2 fully saturated rings. The first-order valence-corrected chi connectivity index (χ1v) is 10.6. The predicted molar refractivity (Wildman–Crippen MR) is 102 cm³/mol. The molecule has 2 saturated carbocycles. The van der Waals surface area contributed by atoms with Gasteiger partial charge in [-0.3, -0.25) is 0 Å². The number of nitrogens with two attached hydrogens (primary N) is 1. The summed E-state index contributed by atoms with van der Waals surface area (Å²) in [5.74, 6) is 1.57. The fourth-order valence-corrected chi connectivity index (χ4v) is 5.12. The lowest BCUT2D eigenvalue weighted by molar-refractivity contribution is 0.147. The van der Waals surface area contributed by atoms with Gasteiger partial charge in [-0.1, -0.05) is 64.4 Å². The first-order valence-electron chi connectivity index (χ1n) is 10.6. The van der Waals surface area contributed by atoms with Crippen molar-refractivity contribution in [2.75, 3.05) is 0 Å². The number of hydrogen-bond donors (Lipinski definition) is 1. The molecular formula is C22H41N. The summed E-state index contributed by atoms with van der Waals surface area (Å²) in [6.07, 6.45) is 23.6. The van der Waals surface area contributed by atoms with Gasteiger partial charge < -0.3 is 5.73 Å². The van der Waals surface area contributed by atoms with Gasteiger partial charge >= 0.3 is 0 Å². The summed E-state index contributed by atoms with van der Waals surface area (Å²) < 4.78 is 0. The van der Waals surface area contributed by atoms with Crippen LogP contribution in [0.25, 0.3) is 0 Å². The monoisotopic (exact) mass is 319 g/mol. The third-order valence-corrected chi connectivity index (χ3v) is 6.68. The molecule has 0 aromatic carbocycles. The number of rotatable bonds is 4. The number of hydrogen-bond acceptors (Lipinski definition) is 1. The van der Waals surface area contributed by atoms with Gasteiger partial charge in [-0.05, 0) is 74.8 Å². The van der Waals surface area contributed by atoms with Gasteiger partial charge in [-0.15, -0.1) is 0 Å². The third-order valence-electron chi connectivity index (χ3n) is 6.68. The maximum Gasteiger partial charge on any atom is -0.00676 e. The van der Waals surface area contributed by atoms with Gasteiger partial charge in [0.15, 0.2) is 0 Å². The minimum Gasteiger partial charge on any atom is -0.405 e.